The van der Waals surface area contributed by atoms with E-state index < -0.39 is 23.5 Å². The number of methoxy groups -OCH3 is 1. The van der Waals surface area contributed by atoms with Crippen molar-refractivity contribution in [3.63, 3.8) is 0 Å². The Kier molecular flexibility index (Phi) is 9.63. The number of halogens is 2. The minimum absolute atomic E-state index is 0. The molecule has 1 unspecified atom stereocenters. The molecule has 194 valence electrons. The number of nitrogens with two attached hydrogens (primary N) is 1. The second-order valence-corrected chi connectivity index (χ2v) is 8.91. The zero-order chi connectivity index (χ0) is 25.7. The van der Waals surface area contributed by atoms with Gasteiger partial charge < -0.3 is 15.8 Å². The fourth-order valence-electron chi connectivity index (χ4n) is 4.16. The van der Waals surface area contributed by atoms with Crippen molar-refractivity contribution in [1.82, 2.24) is 14.9 Å². The molecule has 1 atom stereocenters. The lowest BCUT2D eigenvalue weighted by molar-refractivity contribution is -0.145. The summed E-state index contributed by atoms with van der Waals surface area (Å²) >= 11 is 6.14. The number of ether oxygens (including phenoxy) is 1. The molecule has 0 aliphatic carbocycles. The van der Waals surface area contributed by atoms with E-state index in [1.807, 2.05) is 42.5 Å². The molecule has 8 nitrogen and oxygen atoms in total. The number of unbranched alkanes of at least 4 members (excludes halogenated alkanes) is 1. The van der Waals surface area contributed by atoms with Crippen LogP contribution in [0.5, 0.6) is 0 Å². The Morgan fingerprint density at radius 2 is 1.84 bits per heavy atom. The van der Waals surface area contributed by atoms with Gasteiger partial charge in [0.25, 0.3) is 5.56 Å². The predicted molar refractivity (Wildman–Crippen MR) is 148 cm³/mol. The van der Waals surface area contributed by atoms with E-state index in [2.05, 4.69) is 5.32 Å². The van der Waals surface area contributed by atoms with Crippen LogP contribution in [0.3, 0.4) is 0 Å². The highest BCUT2D eigenvalue weighted by molar-refractivity contribution is 6.31. The Balaban J connectivity index is 0.00000380. The Bertz CT molecular complexity index is 1490. The highest BCUT2D eigenvalue weighted by Crippen LogP contribution is 2.25. The molecule has 1 heterocycles. The van der Waals surface area contributed by atoms with E-state index in [9.17, 15) is 14.4 Å². The first-order chi connectivity index (χ1) is 17.4. The molecule has 0 aliphatic rings. The summed E-state index contributed by atoms with van der Waals surface area (Å²) in [6, 6.07) is 17.6. The van der Waals surface area contributed by atoms with Crippen LogP contribution in [0.15, 0.2) is 65.5 Å². The normalized spacial score (nSPS) is 11.6. The van der Waals surface area contributed by atoms with Crippen LogP contribution < -0.4 is 16.6 Å². The minimum atomic E-state index is -0.836. The summed E-state index contributed by atoms with van der Waals surface area (Å²) < 4.78 is 6.15. The van der Waals surface area contributed by atoms with Crippen LogP contribution in [0.2, 0.25) is 5.02 Å². The highest BCUT2D eigenvalue weighted by Gasteiger charge is 2.23. The first kappa shape index (κ1) is 28.1. The Morgan fingerprint density at radius 1 is 1.08 bits per heavy atom. The van der Waals surface area contributed by atoms with E-state index >= 15 is 0 Å². The second-order valence-electron chi connectivity index (χ2n) is 8.48. The molecule has 4 rings (SSSR count). The molecule has 0 aliphatic heterocycles. The molecule has 1 aromatic heterocycles. The number of hydrogen-bond acceptors (Lipinski definition) is 6. The number of nitrogens with one attached hydrogen (secondary N) is 1. The summed E-state index contributed by atoms with van der Waals surface area (Å²) in [6.45, 7) is 0.151. The zero-order valence-corrected chi connectivity index (χ0v) is 21.8. The number of nitrogens with zero attached hydrogens (tertiary/aromatic N) is 2. The van der Waals surface area contributed by atoms with Crippen LogP contribution in [0.25, 0.3) is 33.1 Å². The number of hydrogen-bond donors (Lipinski definition) is 2. The Labute approximate surface area is 225 Å². The van der Waals surface area contributed by atoms with Gasteiger partial charge in [-0.25, -0.2) is 9.78 Å². The average molecular weight is 543 g/mol. The van der Waals surface area contributed by atoms with Crippen molar-refractivity contribution in [2.75, 3.05) is 13.7 Å². The van der Waals surface area contributed by atoms with Crippen molar-refractivity contribution in [2.45, 2.75) is 31.8 Å². The quantitative estimate of drug-likeness (QED) is 0.243. The van der Waals surface area contributed by atoms with Gasteiger partial charge in [-0.15, -0.1) is 12.4 Å². The van der Waals surface area contributed by atoms with Crippen molar-refractivity contribution < 1.29 is 14.3 Å². The molecular formula is C27H28Cl2N4O4. The van der Waals surface area contributed by atoms with Crippen LogP contribution in [0.1, 0.15) is 19.3 Å². The molecule has 0 spiro atoms. The largest absolute Gasteiger partial charge is 0.467 e. The van der Waals surface area contributed by atoms with E-state index in [1.54, 1.807) is 12.1 Å². The summed E-state index contributed by atoms with van der Waals surface area (Å²) in [4.78, 5) is 43.5. The average Bonchev–Trinajstić information content (AvgIpc) is 2.89. The van der Waals surface area contributed by atoms with Crippen LogP contribution in [0.4, 0.5) is 0 Å². The number of fused-ring (bicyclic) bond motifs is 2. The standard InChI is InChI=1S/C27H27ClN4O4.ClH/c1-36-27(35)23(8-4-5-13-29)30-24(33)16-32-25(19-10-9-17-6-2-3-7-18(17)14-19)31-22-12-11-20(28)15-21(22)26(32)34;/h2-3,6-7,9-12,14-15,23H,4-5,8,13,16,29H2,1H3,(H,30,33);1H. The predicted octanol–water partition coefficient (Wildman–Crippen LogP) is 4.08. The number of amides is 1. The third-order valence-electron chi connectivity index (χ3n) is 5.99. The van der Waals surface area contributed by atoms with Crippen molar-refractivity contribution in [1.29, 1.82) is 0 Å². The van der Waals surface area contributed by atoms with E-state index in [-0.39, 0.29) is 19.0 Å². The SMILES string of the molecule is COC(=O)C(CCCCN)NC(=O)Cn1c(-c2ccc3ccccc3c2)nc2ccc(Cl)cc2c1=O.Cl. The van der Waals surface area contributed by atoms with E-state index in [0.717, 1.165) is 10.8 Å². The fourth-order valence-corrected chi connectivity index (χ4v) is 4.33. The van der Waals surface area contributed by atoms with Gasteiger partial charge in [-0.1, -0.05) is 48.0 Å². The smallest absolute Gasteiger partial charge is 0.328 e. The molecule has 0 saturated heterocycles. The zero-order valence-electron chi connectivity index (χ0n) is 20.3. The molecule has 0 saturated carbocycles. The van der Waals surface area contributed by atoms with Crippen LogP contribution in [-0.4, -0.2) is 41.1 Å². The number of carbonyl (C=O) groups excluding carboxylic acids is 2. The van der Waals surface area contributed by atoms with Gasteiger partial charge in [0.1, 0.15) is 18.4 Å². The number of carbonyl (C=O) groups is 2. The Hall–Kier alpha value is -3.46. The first-order valence-corrected chi connectivity index (χ1v) is 12.1. The van der Waals surface area contributed by atoms with Crippen molar-refractivity contribution in [2.24, 2.45) is 5.73 Å². The molecular weight excluding hydrogens is 515 g/mol. The van der Waals surface area contributed by atoms with E-state index in [0.29, 0.717) is 53.1 Å². The topological polar surface area (TPSA) is 116 Å². The summed E-state index contributed by atoms with van der Waals surface area (Å²) in [5.74, 6) is -0.718. The van der Waals surface area contributed by atoms with Crippen molar-refractivity contribution >= 4 is 57.6 Å². The maximum Gasteiger partial charge on any atom is 0.328 e. The molecule has 0 bridgehead atoms. The lowest BCUT2D eigenvalue weighted by atomic mass is 10.1. The van der Waals surface area contributed by atoms with E-state index in [4.69, 9.17) is 27.1 Å². The molecule has 37 heavy (non-hydrogen) atoms. The number of esters is 1. The summed E-state index contributed by atoms with van der Waals surface area (Å²) in [5, 5.41) is 5.41. The van der Waals surface area contributed by atoms with Crippen LogP contribution in [0, 0.1) is 0 Å². The monoisotopic (exact) mass is 542 g/mol. The van der Waals surface area contributed by atoms with Gasteiger partial charge in [-0.2, -0.15) is 0 Å². The minimum Gasteiger partial charge on any atom is -0.467 e. The molecule has 0 radical (unpaired) electrons. The first-order valence-electron chi connectivity index (χ1n) is 11.7. The molecule has 3 aromatic carbocycles. The summed E-state index contributed by atoms with van der Waals surface area (Å²) in [7, 11) is 1.27. The number of rotatable bonds is 9. The highest BCUT2D eigenvalue weighted by atomic mass is 35.5. The van der Waals surface area contributed by atoms with Gasteiger partial charge >= 0.3 is 5.97 Å². The van der Waals surface area contributed by atoms with Gasteiger partial charge in [0.05, 0.1) is 18.0 Å². The molecule has 10 heteroatoms. The van der Waals surface area contributed by atoms with Crippen molar-refractivity contribution in [3.8, 4) is 11.4 Å². The van der Waals surface area contributed by atoms with Crippen LogP contribution in [-0.2, 0) is 20.9 Å². The van der Waals surface area contributed by atoms with Gasteiger partial charge in [-0.3, -0.25) is 14.2 Å². The lowest BCUT2D eigenvalue weighted by Crippen LogP contribution is -2.44. The molecule has 3 N–H and O–H groups in total. The molecule has 0 fully saturated rings. The van der Waals surface area contributed by atoms with Gasteiger partial charge in [-0.05, 0) is 60.8 Å². The maximum atomic E-state index is 13.5. The fraction of sp³-hybridized carbons (Fsp3) is 0.259. The van der Waals surface area contributed by atoms with Gasteiger partial charge in [0, 0.05) is 10.6 Å². The Morgan fingerprint density at radius 3 is 2.57 bits per heavy atom. The van der Waals surface area contributed by atoms with E-state index in [1.165, 1.54) is 17.7 Å². The number of aromatic nitrogens is 2. The second kappa shape index (κ2) is 12.7. The van der Waals surface area contributed by atoms with Gasteiger partial charge in [0.2, 0.25) is 5.91 Å². The summed E-state index contributed by atoms with van der Waals surface area (Å²) in [5.41, 5.74) is 6.30. The van der Waals surface area contributed by atoms with Gasteiger partial charge in [0.15, 0.2) is 0 Å². The molecule has 1 amide bonds. The summed E-state index contributed by atoms with van der Waals surface area (Å²) in [6.07, 6.45) is 1.74. The third-order valence-corrected chi connectivity index (χ3v) is 6.23. The van der Waals surface area contributed by atoms with Crippen LogP contribution >= 0.6 is 24.0 Å². The molecule has 4 aromatic rings. The lowest BCUT2D eigenvalue weighted by Gasteiger charge is -2.18. The maximum absolute atomic E-state index is 13.5. The number of benzene rings is 3. The third kappa shape index (κ3) is 6.46. The van der Waals surface area contributed by atoms with Crippen molar-refractivity contribution in [3.05, 3.63) is 76.0 Å².